The van der Waals surface area contributed by atoms with Gasteiger partial charge in [-0.15, -0.1) is 0 Å². The summed E-state index contributed by atoms with van der Waals surface area (Å²) < 4.78 is 0. The van der Waals surface area contributed by atoms with E-state index in [1.807, 2.05) is 0 Å². The van der Waals surface area contributed by atoms with Crippen LogP contribution in [0.25, 0.3) is 0 Å². The van der Waals surface area contributed by atoms with Gasteiger partial charge in [-0.3, -0.25) is 9.89 Å². The molecule has 0 atom stereocenters. The van der Waals surface area contributed by atoms with Crippen molar-refractivity contribution >= 4 is 11.6 Å². The van der Waals surface area contributed by atoms with Crippen LogP contribution in [0.1, 0.15) is 30.1 Å². The van der Waals surface area contributed by atoms with Crippen molar-refractivity contribution in [2.24, 2.45) is 0 Å². The van der Waals surface area contributed by atoms with Crippen molar-refractivity contribution in [3.8, 4) is 0 Å². The molecule has 0 saturated heterocycles. The number of rotatable bonds is 4. The van der Waals surface area contributed by atoms with Gasteiger partial charge in [0, 0.05) is 24.1 Å². The van der Waals surface area contributed by atoms with Crippen molar-refractivity contribution in [3.63, 3.8) is 0 Å². The highest BCUT2D eigenvalue weighted by atomic mass is 16.1. The summed E-state index contributed by atoms with van der Waals surface area (Å²) in [6.07, 6.45) is 3.85. The molecule has 2 aromatic rings. The third-order valence-electron chi connectivity index (χ3n) is 2.94. The molecule has 0 aromatic carbocycles. The van der Waals surface area contributed by atoms with E-state index in [9.17, 15) is 4.79 Å². The molecule has 1 fully saturated rings. The van der Waals surface area contributed by atoms with Gasteiger partial charge in [-0.05, 0) is 12.8 Å². The third kappa shape index (κ3) is 2.20. The van der Waals surface area contributed by atoms with E-state index in [0.29, 0.717) is 24.1 Å². The Kier molecular flexibility index (Phi) is 2.51. The molecule has 0 unspecified atom stereocenters. The van der Waals surface area contributed by atoms with Crippen LogP contribution in [-0.4, -0.2) is 20.2 Å². The molecule has 7 heteroatoms. The highest BCUT2D eigenvalue weighted by Gasteiger charge is 2.26. The van der Waals surface area contributed by atoms with E-state index < -0.39 is 0 Å². The summed E-state index contributed by atoms with van der Waals surface area (Å²) in [4.78, 5) is 18.6. The Hall–Kier alpha value is -2.31. The first-order valence-electron chi connectivity index (χ1n) is 5.85. The predicted octanol–water partition coefficient (Wildman–Crippen LogP) is 0.565. The van der Waals surface area contributed by atoms with E-state index in [4.69, 9.17) is 5.73 Å². The van der Waals surface area contributed by atoms with Crippen molar-refractivity contribution in [2.45, 2.75) is 25.3 Å². The second kappa shape index (κ2) is 4.17. The van der Waals surface area contributed by atoms with E-state index in [1.54, 1.807) is 6.20 Å². The molecule has 1 aliphatic rings. The van der Waals surface area contributed by atoms with Crippen LogP contribution >= 0.6 is 0 Å². The number of nitrogens with zero attached hydrogens (tertiary/aromatic N) is 2. The smallest absolute Gasteiger partial charge is 0.252 e. The monoisotopic (exact) mass is 246 g/mol. The predicted molar refractivity (Wildman–Crippen MR) is 67.2 cm³/mol. The standard InChI is InChI=1S/C11H14N6O/c12-10-7(5-14-17-10)4-13-8-3-9(18)16-11(15-8)6-1-2-6/h3,5-6H,1-2,4H2,(H3,12,14,17)(H2,13,15,16,18). The summed E-state index contributed by atoms with van der Waals surface area (Å²) in [5.74, 6) is 2.28. The van der Waals surface area contributed by atoms with E-state index in [2.05, 4.69) is 25.5 Å². The van der Waals surface area contributed by atoms with Crippen molar-refractivity contribution < 1.29 is 0 Å². The second-order valence-corrected chi connectivity index (χ2v) is 4.45. The van der Waals surface area contributed by atoms with Gasteiger partial charge >= 0.3 is 0 Å². The number of H-pyrrole nitrogens is 2. The van der Waals surface area contributed by atoms with Gasteiger partial charge in [-0.1, -0.05) is 0 Å². The summed E-state index contributed by atoms with van der Waals surface area (Å²) in [6.45, 7) is 0.489. The number of aromatic amines is 2. The van der Waals surface area contributed by atoms with Crippen LogP contribution in [-0.2, 0) is 6.54 Å². The Bertz CT molecular complexity index is 612. The number of hydrogen-bond donors (Lipinski definition) is 4. The normalized spacial score (nSPS) is 14.7. The fourth-order valence-electron chi connectivity index (χ4n) is 1.76. The molecule has 0 aliphatic heterocycles. The number of nitrogens with two attached hydrogens (primary N) is 1. The highest BCUT2D eigenvalue weighted by Crippen LogP contribution is 2.37. The van der Waals surface area contributed by atoms with Gasteiger partial charge in [0.05, 0.1) is 6.20 Å². The maximum atomic E-state index is 11.5. The molecule has 2 heterocycles. The lowest BCUT2D eigenvalue weighted by molar-refractivity contribution is 0.904. The van der Waals surface area contributed by atoms with Gasteiger partial charge in [0.1, 0.15) is 17.5 Å². The molecule has 3 rings (SSSR count). The summed E-state index contributed by atoms with van der Waals surface area (Å²) >= 11 is 0. The molecular weight excluding hydrogens is 232 g/mol. The first-order chi connectivity index (χ1) is 8.72. The minimum Gasteiger partial charge on any atom is -0.384 e. The molecule has 1 saturated carbocycles. The van der Waals surface area contributed by atoms with E-state index in [1.165, 1.54) is 6.07 Å². The number of anilines is 2. The number of hydrogen-bond acceptors (Lipinski definition) is 5. The Labute approximate surface area is 103 Å². The average Bonchev–Trinajstić information content (AvgIpc) is 3.11. The van der Waals surface area contributed by atoms with Gasteiger partial charge in [-0.2, -0.15) is 5.10 Å². The van der Waals surface area contributed by atoms with Crippen molar-refractivity contribution in [1.82, 2.24) is 20.2 Å². The fraction of sp³-hybridized carbons (Fsp3) is 0.364. The molecule has 0 radical (unpaired) electrons. The van der Waals surface area contributed by atoms with Crippen LogP contribution in [0.3, 0.4) is 0 Å². The molecule has 5 N–H and O–H groups in total. The van der Waals surface area contributed by atoms with E-state index in [0.717, 1.165) is 24.2 Å². The SMILES string of the molecule is Nc1[nH]ncc1CNc1cc(=O)[nH]c(C2CC2)n1. The lowest BCUT2D eigenvalue weighted by atomic mass is 10.3. The maximum Gasteiger partial charge on any atom is 0.252 e. The highest BCUT2D eigenvalue weighted by molar-refractivity contribution is 5.41. The molecule has 1 aliphatic carbocycles. The van der Waals surface area contributed by atoms with Crippen molar-refractivity contribution in [1.29, 1.82) is 0 Å². The van der Waals surface area contributed by atoms with Gasteiger partial charge in [0.2, 0.25) is 0 Å². The molecular formula is C11H14N6O. The Morgan fingerprint density at radius 2 is 2.33 bits per heavy atom. The maximum absolute atomic E-state index is 11.5. The van der Waals surface area contributed by atoms with Crippen molar-refractivity contribution in [2.75, 3.05) is 11.1 Å². The summed E-state index contributed by atoms with van der Waals surface area (Å²) in [5.41, 5.74) is 6.40. The number of nitrogens with one attached hydrogen (secondary N) is 3. The number of aromatic nitrogens is 4. The third-order valence-corrected chi connectivity index (χ3v) is 2.94. The molecule has 94 valence electrons. The van der Waals surface area contributed by atoms with Crippen LogP contribution in [0, 0.1) is 0 Å². The lowest BCUT2D eigenvalue weighted by Crippen LogP contribution is -2.13. The zero-order chi connectivity index (χ0) is 12.5. The van der Waals surface area contributed by atoms with Crippen LogP contribution in [0.4, 0.5) is 11.6 Å². The van der Waals surface area contributed by atoms with Gasteiger partial charge < -0.3 is 16.0 Å². The van der Waals surface area contributed by atoms with Gasteiger partial charge in [0.25, 0.3) is 5.56 Å². The Morgan fingerprint density at radius 1 is 1.50 bits per heavy atom. The second-order valence-electron chi connectivity index (χ2n) is 4.45. The van der Waals surface area contributed by atoms with Crippen LogP contribution in [0.5, 0.6) is 0 Å². The quantitative estimate of drug-likeness (QED) is 0.629. The molecule has 0 amide bonds. The lowest BCUT2D eigenvalue weighted by Gasteiger charge is -2.06. The topological polar surface area (TPSA) is 112 Å². The van der Waals surface area contributed by atoms with E-state index >= 15 is 0 Å². The Morgan fingerprint density at radius 3 is 3.00 bits per heavy atom. The summed E-state index contributed by atoms with van der Waals surface area (Å²) in [6, 6.07) is 1.45. The summed E-state index contributed by atoms with van der Waals surface area (Å²) in [7, 11) is 0. The molecule has 18 heavy (non-hydrogen) atoms. The van der Waals surface area contributed by atoms with E-state index in [-0.39, 0.29) is 5.56 Å². The van der Waals surface area contributed by atoms with Gasteiger partial charge in [-0.25, -0.2) is 4.98 Å². The average molecular weight is 246 g/mol. The van der Waals surface area contributed by atoms with Crippen LogP contribution in [0.15, 0.2) is 17.1 Å². The zero-order valence-electron chi connectivity index (χ0n) is 9.73. The fourth-order valence-corrected chi connectivity index (χ4v) is 1.76. The minimum absolute atomic E-state index is 0.130. The largest absolute Gasteiger partial charge is 0.384 e. The molecule has 0 spiro atoms. The Balaban J connectivity index is 1.76. The van der Waals surface area contributed by atoms with Crippen molar-refractivity contribution in [3.05, 3.63) is 34.0 Å². The molecule has 7 nitrogen and oxygen atoms in total. The first kappa shape index (κ1) is 10.8. The first-order valence-corrected chi connectivity index (χ1v) is 5.85. The van der Waals surface area contributed by atoms with Crippen LogP contribution in [0.2, 0.25) is 0 Å². The summed E-state index contributed by atoms with van der Waals surface area (Å²) in [5, 5.41) is 9.57. The molecule has 0 bridgehead atoms. The number of nitrogen functional groups attached to an aromatic ring is 1. The van der Waals surface area contributed by atoms with Crippen LogP contribution < -0.4 is 16.6 Å². The minimum atomic E-state index is -0.130. The zero-order valence-corrected chi connectivity index (χ0v) is 9.73. The van der Waals surface area contributed by atoms with Gasteiger partial charge in [0.15, 0.2) is 0 Å². The molecule has 2 aromatic heterocycles.